The Kier molecular flexibility index (Phi) is 6.15. The Balaban J connectivity index is 1.84. The fourth-order valence-corrected chi connectivity index (χ4v) is 2.80. The van der Waals surface area contributed by atoms with Gasteiger partial charge >= 0.3 is 0 Å². The van der Waals surface area contributed by atoms with Crippen molar-refractivity contribution in [2.45, 2.75) is 6.92 Å². The monoisotopic (exact) mass is 391 g/mol. The van der Waals surface area contributed by atoms with Crippen LogP contribution >= 0.6 is 11.6 Å². The van der Waals surface area contributed by atoms with Crippen LogP contribution < -0.4 is 10.1 Å². The van der Waals surface area contributed by atoms with Crippen LogP contribution in [0, 0.1) is 11.3 Å². The SMILES string of the molecule is CCOc1cccc(NC(=O)/C(C#N)=C\c2cccn2-c2ccc(Cl)cc2)c1. The van der Waals surface area contributed by atoms with Crippen LogP contribution in [0.25, 0.3) is 11.8 Å². The molecule has 0 aliphatic heterocycles. The molecule has 0 spiro atoms. The maximum atomic E-state index is 12.6. The van der Waals surface area contributed by atoms with Crippen molar-refractivity contribution in [2.24, 2.45) is 0 Å². The van der Waals surface area contributed by atoms with E-state index in [0.717, 1.165) is 5.69 Å². The molecule has 0 bridgehead atoms. The minimum Gasteiger partial charge on any atom is -0.494 e. The number of nitrogens with one attached hydrogen (secondary N) is 1. The molecule has 3 aromatic rings. The van der Waals surface area contributed by atoms with E-state index < -0.39 is 5.91 Å². The Hall–Kier alpha value is -3.49. The number of hydrogen-bond donors (Lipinski definition) is 1. The molecule has 5 nitrogen and oxygen atoms in total. The Morgan fingerprint density at radius 1 is 1.21 bits per heavy atom. The first-order chi connectivity index (χ1) is 13.6. The van der Waals surface area contributed by atoms with Gasteiger partial charge in [0.05, 0.1) is 6.61 Å². The highest BCUT2D eigenvalue weighted by atomic mass is 35.5. The molecular weight excluding hydrogens is 374 g/mol. The summed E-state index contributed by atoms with van der Waals surface area (Å²) in [5, 5.41) is 12.9. The summed E-state index contributed by atoms with van der Waals surface area (Å²) in [5.74, 6) is 0.166. The van der Waals surface area contributed by atoms with Gasteiger partial charge in [-0.2, -0.15) is 5.26 Å². The van der Waals surface area contributed by atoms with Gasteiger partial charge in [0.25, 0.3) is 5.91 Å². The second-order valence-electron chi connectivity index (χ2n) is 5.86. The van der Waals surface area contributed by atoms with Gasteiger partial charge in [-0.1, -0.05) is 17.7 Å². The first kappa shape index (κ1) is 19.3. The lowest BCUT2D eigenvalue weighted by Gasteiger charge is -2.09. The molecule has 0 aliphatic carbocycles. The van der Waals surface area contributed by atoms with Crippen molar-refractivity contribution in [2.75, 3.05) is 11.9 Å². The van der Waals surface area contributed by atoms with Crippen LogP contribution in [0.1, 0.15) is 12.6 Å². The third-order valence-corrected chi connectivity index (χ3v) is 4.20. The summed E-state index contributed by atoms with van der Waals surface area (Å²) >= 11 is 5.94. The number of ether oxygens (including phenoxy) is 1. The minimum absolute atomic E-state index is 0.00396. The van der Waals surface area contributed by atoms with E-state index in [9.17, 15) is 10.1 Å². The van der Waals surface area contributed by atoms with E-state index in [0.29, 0.717) is 28.8 Å². The number of carbonyl (C=O) groups is 1. The zero-order valence-corrected chi connectivity index (χ0v) is 16.0. The van der Waals surface area contributed by atoms with E-state index in [1.165, 1.54) is 0 Å². The Morgan fingerprint density at radius 2 is 2.00 bits per heavy atom. The molecule has 0 saturated carbocycles. The molecule has 1 amide bonds. The summed E-state index contributed by atoms with van der Waals surface area (Å²) in [5.41, 5.74) is 2.14. The Morgan fingerprint density at radius 3 is 2.71 bits per heavy atom. The molecule has 28 heavy (non-hydrogen) atoms. The van der Waals surface area contributed by atoms with Crippen LogP contribution in [0.5, 0.6) is 5.75 Å². The van der Waals surface area contributed by atoms with Gasteiger partial charge in [-0.25, -0.2) is 0 Å². The van der Waals surface area contributed by atoms with Gasteiger partial charge in [-0.05, 0) is 61.5 Å². The molecule has 0 saturated heterocycles. The Bertz CT molecular complexity index is 1050. The molecule has 0 fully saturated rings. The molecule has 1 heterocycles. The fraction of sp³-hybridized carbons (Fsp3) is 0.0909. The van der Waals surface area contributed by atoms with Gasteiger partial charge in [0.2, 0.25) is 0 Å². The minimum atomic E-state index is -0.486. The predicted molar refractivity (Wildman–Crippen MR) is 111 cm³/mol. The lowest BCUT2D eigenvalue weighted by Crippen LogP contribution is -2.13. The zero-order chi connectivity index (χ0) is 19.9. The topological polar surface area (TPSA) is 67.0 Å². The number of aromatic nitrogens is 1. The maximum absolute atomic E-state index is 12.6. The van der Waals surface area contributed by atoms with E-state index >= 15 is 0 Å². The molecule has 140 valence electrons. The van der Waals surface area contributed by atoms with E-state index in [1.54, 1.807) is 42.5 Å². The van der Waals surface area contributed by atoms with E-state index in [1.807, 2.05) is 48.0 Å². The Labute approximate surface area is 168 Å². The summed E-state index contributed by atoms with van der Waals surface area (Å²) in [7, 11) is 0. The first-order valence-electron chi connectivity index (χ1n) is 8.70. The van der Waals surface area contributed by atoms with Crippen molar-refractivity contribution in [3.05, 3.63) is 83.2 Å². The van der Waals surface area contributed by atoms with Crippen molar-refractivity contribution in [3.8, 4) is 17.5 Å². The predicted octanol–water partition coefficient (Wildman–Crippen LogP) is 5.08. The number of anilines is 1. The quantitative estimate of drug-likeness (QED) is 0.471. The van der Waals surface area contributed by atoms with Crippen molar-refractivity contribution in [3.63, 3.8) is 0 Å². The van der Waals surface area contributed by atoms with Crippen LogP contribution in [-0.2, 0) is 4.79 Å². The molecule has 2 aromatic carbocycles. The van der Waals surface area contributed by atoms with Gasteiger partial charge in [0.15, 0.2) is 0 Å². The van der Waals surface area contributed by atoms with Gasteiger partial charge in [-0.15, -0.1) is 0 Å². The molecule has 0 radical (unpaired) electrons. The number of rotatable bonds is 6. The van der Waals surface area contributed by atoms with Crippen LogP contribution in [0.2, 0.25) is 5.02 Å². The standard InChI is InChI=1S/C22H18ClN3O2/c1-2-28-21-7-3-5-18(14-21)25-22(27)16(15-24)13-20-6-4-12-26(20)19-10-8-17(23)9-11-19/h3-14H,2H2,1H3,(H,25,27)/b16-13-. The lowest BCUT2D eigenvalue weighted by atomic mass is 10.2. The van der Waals surface area contributed by atoms with Crippen LogP contribution in [0.4, 0.5) is 5.69 Å². The first-order valence-corrected chi connectivity index (χ1v) is 9.08. The molecule has 0 aliphatic rings. The molecule has 3 rings (SSSR count). The molecule has 6 heteroatoms. The summed E-state index contributed by atoms with van der Waals surface area (Å²) in [4.78, 5) is 12.6. The van der Waals surface area contributed by atoms with Crippen LogP contribution in [0.15, 0.2) is 72.4 Å². The average Bonchev–Trinajstić information content (AvgIpc) is 3.15. The van der Waals surface area contributed by atoms with Crippen molar-refractivity contribution >= 4 is 29.3 Å². The number of benzene rings is 2. The second-order valence-corrected chi connectivity index (χ2v) is 6.30. The normalized spacial score (nSPS) is 11.0. The zero-order valence-electron chi connectivity index (χ0n) is 15.2. The summed E-state index contributed by atoms with van der Waals surface area (Å²) < 4.78 is 7.30. The van der Waals surface area contributed by atoms with Crippen molar-refractivity contribution < 1.29 is 9.53 Å². The molecule has 1 aromatic heterocycles. The average molecular weight is 392 g/mol. The highest BCUT2D eigenvalue weighted by Crippen LogP contribution is 2.20. The molecule has 1 N–H and O–H groups in total. The van der Waals surface area contributed by atoms with Gasteiger partial charge < -0.3 is 14.6 Å². The highest BCUT2D eigenvalue weighted by Gasteiger charge is 2.12. The molecule has 0 atom stereocenters. The van der Waals surface area contributed by atoms with Crippen molar-refractivity contribution in [1.29, 1.82) is 5.26 Å². The van der Waals surface area contributed by atoms with Gasteiger partial charge in [-0.3, -0.25) is 4.79 Å². The number of nitriles is 1. The number of carbonyl (C=O) groups excluding carboxylic acids is 1. The smallest absolute Gasteiger partial charge is 0.266 e. The molecular formula is C22H18ClN3O2. The number of nitrogens with zero attached hydrogens (tertiary/aromatic N) is 2. The second kappa shape index (κ2) is 8.94. The fourth-order valence-electron chi connectivity index (χ4n) is 2.67. The maximum Gasteiger partial charge on any atom is 0.266 e. The third-order valence-electron chi connectivity index (χ3n) is 3.95. The lowest BCUT2D eigenvalue weighted by molar-refractivity contribution is -0.112. The number of hydrogen-bond acceptors (Lipinski definition) is 3. The third kappa shape index (κ3) is 4.61. The summed E-state index contributed by atoms with van der Waals surface area (Å²) in [6.07, 6.45) is 3.41. The van der Waals surface area contributed by atoms with E-state index in [4.69, 9.17) is 16.3 Å². The summed E-state index contributed by atoms with van der Waals surface area (Å²) in [6.45, 7) is 2.42. The van der Waals surface area contributed by atoms with Crippen LogP contribution in [-0.4, -0.2) is 17.1 Å². The largest absolute Gasteiger partial charge is 0.494 e. The van der Waals surface area contributed by atoms with Crippen molar-refractivity contribution in [1.82, 2.24) is 4.57 Å². The molecule has 0 unspecified atom stereocenters. The highest BCUT2D eigenvalue weighted by molar-refractivity contribution is 6.30. The number of amides is 1. The van der Waals surface area contributed by atoms with E-state index in [2.05, 4.69) is 5.32 Å². The van der Waals surface area contributed by atoms with Gasteiger partial charge in [0.1, 0.15) is 17.4 Å². The summed E-state index contributed by atoms with van der Waals surface area (Å²) in [6, 6.07) is 20.0. The van der Waals surface area contributed by atoms with Gasteiger partial charge in [0, 0.05) is 34.4 Å². The van der Waals surface area contributed by atoms with E-state index in [-0.39, 0.29) is 5.57 Å². The number of halogens is 1. The van der Waals surface area contributed by atoms with Crippen LogP contribution in [0.3, 0.4) is 0 Å².